The highest BCUT2D eigenvalue weighted by Crippen LogP contribution is 2.28. The average Bonchev–Trinajstić information content (AvgIpc) is 3.14. The molecule has 1 aliphatic rings. The van der Waals surface area contributed by atoms with Crippen LogP contribution in [-0.2, 0) is 10.0 Å². The summed E-state index contributed by atoms with van der Waals surface area (Å²) in [5.74, 6) is 0.217. The Morgan fingerprint density at radius 1 is 1.29 bits per heavy atom. The molecular weight excluding hydrogens is 484 g/mol. The largest absolute Gasteiger partial charge is 0.394 e. The SMILES string of the molecule is Cc1cc(C(=O)N[C@@H](CO)c2nc3ccc(Br)cc3[nH]2)ccc1N1CCCCS1(=O)=O. The summed E-state index contributed by atoms with van der Waals surface area (Å²) in [6.07, 6.45) is 1.48. The molecule has 1 atom stereocenters. The lowest BCUT2D eigenvalue weighted by molar-refractivity contribution is 0.0913. The molecule has 0 spiro atoms. The first-order chi connectivity index (χ1) is 14.8. The number of sulfonamides is 1. The van der Waals surface area contributed by atoms with E-state index in [2.05, 4.69) is 31.2 Å². The van der Waals surface area contributed by atoms with Crippen LogP contribution in [0.15, 0.2) is 40.9 Å². The molecule has 8 nitrogen and oxygen atoms in total. The van der Waals surface area contributed by atoms with Crippen molar-refractivity contribution < 1.29 is 18.3 Å². The number of halogens is 1. The molecule has 10 heteroatoms. The zero-order chi connectivity index (χ0) is 22.2. The predicted molar refractivity (Wildman–Crippen MR) is 123 cm³/mol. The maximum absolute atomic E-state index is 12.8. The van der Waals surface area contributed by atoms with E-state index in [1.807, 2.05) is 18.2 Å². The van der Waals surface area contributed by atoms with Crippen LogP contribution in [0.25, 0.3) is 11.0 Å². The monoisotopic (exact) mass is 506 g/mol. The van der Waals surface area contributed by atoms with Gasteiger partial charge in [-0.15, -0.1) is 0 Å². The van der Waals surface area contributed by atoms with Gasteiger partial charge in [-0.25, -0.2) is 13.4 Å². The summed E-state index contributed by atoms with van der Waals surface area (Å²) in [6.45, 7) is 1.91. The number of aromatic amines is 1. The maximum atomic E-state index is 12.8. The number of fused-ring (bicyclic) bond motifs is 1. The highest BCUT2D eigenvalue weighted by molar-refractivity contribution is 9.10. The second-order valence-electron chi connectivity index (χ2n) is 7.59. The summed E-state index contributed by atoms with van der Waals surface area (Å²) in [5.41, 5.74) is 3.20. The van der Waals surface area contributed by atoms with Gasteiger partial charge in [-0.3, -0.25) is 9.10 Å². The number of H-pyrrole nitrogens is 1. The van der Waals surface area contributed by atoms with E-state index in [0.29, 0.717) is 35.6 Å². The van der Waals surface area contributed by atoms with Gasteiger partial charge in [-0.05, 0) is 61.7 Å². The van der Waals surface area contributed by atoms with Crippen molar-refractivity contribution in [2.24, 2.45) is 0 Å². The van der Waals surface area contributed by atoms with Crippen molar-refractivity contribution >= 4 is 48.6 Å². The van der Waals surface area contributed by atoms with Crippen molar-refractivity contribution in [3.05, 3.63) is 57.8 Å². The lowest BCUT2D eigenvalue weighted by Crippen LogP contribution is -2.38. The number of carbonyl (C=O) groups excluding carboxylic acids is 1. The van der Waals surface area contributed by atoms with E-state index in [1.54, 1.807) is 25.1 Å². The van der Waals surface area contributed by atoms with Crippen LogP contribution < -0.4 is 9.62 Å². The Balaban J connectivity index is 1.55. The molecule has 2 heterocycles. The molecule has 1 aromatic heterocycles. The maximum Gasteiger partial charge on any atom is 0.251 e. The van der Waals surface area contributed by atoms with E-state index in [1.165, 1.54) is 4.31 Å². The number of aryl methyl sites for hydroxylation is 1. The number of carbonyl (C=O) groups is 1. The molecule has 1 amide bonds. The van der Waals surface area contributed by atoms with Crippen molar-refractivity contribution in [3.63, 3.8) is 0 Å². The van der Waals surface area contributed by atoms with Gasteiger partial charge in [0.15, 0.2) is 0 Å². The van der Waals surface area contributed by atoms with Crippen LogP contribution >= 0.6 is 15.9 Å². The van der Waals surface area contributed by atoms with E-state index >= 15 is 0 Å². The lowest BCUT2D eigenvalue weighted by Gasteiger charge is -2.29. The number of imidazole rings is 1. The third-order valence-corrected chi connectivity index (χ3v) is 7.71. The van der Waals surface area contributed by atoms with E-state index in [-0.39, 0.29) is 18.3 Å². The van der Waals surface area contributed by atoms with Crippen LogP contribution in [0.2, 0.25) is 0 Å². The van der Waals surface area contributed by atoms with E-state index < -0.39 is 16.1 Å². The zero-order valence-corrected chi connectivity index (χ0v) is 19.3. The third-order valence-electron chi connectivity index (χ3n) is 5.36. The number of anilines is 1. The normalized spacial score (nSPS) is 16.9. The number of aliphatic hydroxyl groups is 1. The first kappa shape index (κ1) is 21.8. The fraction of sp³-hybridized carbons (Fsp3) is 0.333. The summed E-state index contributed by atoms with van der Waals surface area (Å²) in [5, 5.41) is 12.6. The predicted octanol–water partition coefficient (Wildman–Crippen LogP) is 3.03. The molecular formula is C21H23BrN4O4S. The number of aromatic nitrogens is 2. The molecule has 1 fully saturated rings. The number of hydrogen-bond donors (Lipinski definition) is 3. The molecule has 2 aromatic carbocycles. The number of benzene rings is 2. The minimum atomic E-state index is -3.32. The van der Waals surface area contributed by atoms with Crippen molar-refractivity contribution in [3.8, 4) is 0 Å². The highest BCUT2D eigenvalue weighted by atomic mass is 79.9. The Hall–Kier alpha value is -2.43. The van der Waals surface area contributed by atoms with Crippen molar-refractivity contribution in [2.45, 2.75) is 25.8 Å². The molecule has 31 heavy (non-hydrogen) atoms. The van der Waals surface area contributed by atoms with Gasteiger partial charge in [-0.1, -0.05) is 15.9 Å². The minimum Gasteiger partial charge on any atom is -0.394 e. The molecule has 3 N–H and O–H groups in total. The second kappa shape index (κ2) is 8.60. The summed E-state index contributed by atoms with van der Waals surface area (Å²) in [6, 6.07) is 9.81. The third kappa shape index (κ3) is 4.46. The van der Waals surface area contributed by atoms with Crippen LogP contribution in [0.5, 0.6) is 0 Å². The highest BCUT2D eigenvalue weighted by Gasteiger charge is 2.27. The fourth-order valence-electron chi connectivity index (χ4n) is 3.74. The van der Waals surface area contributed by atoms with Gasteiger partial charge in [-0.2, -0.15) is 0 Å². The Labute approximate surface area is 188 Å². The second-order valence-corrected chi connectivity index (χ2v) is 10.5. The summed E-state index contributed by atoms with van der Waals surface area (Å²) in [4.78, 5) is 20.4. The van der Waals surface area contributed by atoms with Gasteiger partial charge < -0.3 is 15.4 Å². The van der Waals surface area contributed by atoms with Crippen molar-refractivity contribution in [2.75, 3.05) is 23.2 Å². The average molecular weight is 507 g/mol. The van der Waals surface area contributed by atoms with Gasteiger partial charge in [0.1, 0.15) is 11.9 Å². The Kier molecular flexibility index (Phi) is 6.05. The molecule has 0 aliphatic carbocycles. The zero-order valence-electron chi connectivity index (χ0n) is 16.9. The fourth-order valence-corrected chi connectivity index (χ4v) is 5.81. The van der Waals surface area contributed by atoms with Gasteiger partial charge in [0.05, 0.1) is 29.1 Å². The molecule has 164 valence electrons. The Morgan fingerprint density at radius 3 is 2.81 bits per heavy atom. The smallest absolute Gasteiger partial charge is 0.251 e. The number of aliphatic hydroxyl groups excluding tert-OH is 1. The quantitative estimate of drug-likeness (QED) is 0.491. The van der Waals surface area contributed by atoms with Crippen molar-refractivity contribution in [1.29, 1.82) is 0 Å². The van der Waals surface area contributed by atoms with Gasteiger partial charge in [0, 0.05) is 16.6 Å². The van der Waals surface area contributed by atoms with Crippen LogP contribution in [0.4, 0.5) is 5.69 Å². The summed E-state index contributed by atoms with van der Waals surface area (Å²) < 4.78 is 27.1. The van der Waals surface area contributed by atoms with Crippen LogP contribution in [0.3, 0.4) is 0 Å². The topological polar surface area (TPSA) is 115 Å². The minimum absolute atomic E-state index is 0.140. The van der Waals surface area contributed by atoms with Crippen LogP contribution in [-0.4, -0.2) is 48.3 Å². The number of hydrogen-bond acceptors (Lipinski definition) is 5. The van der Waals surface area contributed by atoms with Gasteiger partial charge in [0.2, 0.25) is 10.0 Å². The molecule has 0 unspecified atom stereocenters. The van der Waals surface area contributed by atoms with Gasteiger partial charge >= 0.3 is 0 Å². The number of rotatable bonds is 5. The van der Waals surface area contributed by atoms with Crippen molar-refractivity contribution in [1.82, 2.24) is 15.3 Å². The first-order valence-corrected chi connectivity index (χ1v) is 12.4. The molecule has 1 aliphatic heterocycles. The number of nitrogens with zero attached hydrogens (tertiary/aromatic N) is 2. The molecule has 1 saturated heterocycles. The van der Waals surface area contributed by atoms with E-state index in [4.69, 9.17) is 0 Å². The molecule has 0 saturated carbocycles. The Bertz CT molecular complexity index is 1240. The molecule has 3 aromatic rings. The van der Waals surface area contributed by atoms with Crippen LogP contribution in [0, 0.1) is 6.92 Å². The standard InChI is InChI=1S/C21H23BrN4O4S/c1-13-10-14(4-7-19(13)26-8-2-3-9-31(26,29)30)21(28)25-18(12-27)20-23-16-6-5-15(22)11-17(16)24-20/h4-7,10-11,18,27H,2-3,8-9,12H2,1H3,(H,23,24)(H,25,28)/t18-/m0/s1. The van der Waals surface area contributed by atoms with Crippen LogP contribution in [0.1, 0.15) is 40.6 Å². The molecule has 4 rings (SSSR count). The first-order valence-electron chi connectivity index (χ1n) is 9.96. The van der Waals surface area contributed by atoms with E-state index in [9.17, 15) is 18.3 Å². The van der Waals surface area contributed by atoms with E-state index in [0.717, 1.165) is 21.9 Å². The summed E-state index contributed by atoms with van der Waals surface area (Å²) in [7, 11) is -3.32. The van der Waals surface area contributed by atoms with Gasteiger partial charge in [0.25, 0.3) is 5.91 Å². The molecule has 0 radical (unpaired) electrons. The lowest BCUT2D eigenvalue weighted by atomic mass is 10.1. The number of amides is 1. The Morgan fingerprint density at radius 2 is 2.10 bits per heavy atom. The molecule has 0 bridgehead atoms. The summed E-state index contributed by atoms with van der Waals surface area (Å²) >= 11 is 3.41. The number of nitrogens with one attached hydrogen (secondary N) is 2.